The van der Waals surface area contributed by atoms with Crippen LogP contribution in [0.5, 0.6) is 5.75 Å². The van der Waals surface area contributed by atoms with Gasteiger partial charge in [-0.15, -0.1) is 0 Å². The van der Waals surface area contributed by atoms with Crippen LogP contribution in [0.15, 0.2) is 66.7 Å². The lowest BCUT2D eigenvalue weighted by molar-refractivity contribution is -0.139. The fourth-order valence-corrected chi connectivity index (χ4v) is 4.05. The van der Waals surface area contributed by atoms with Crippen LogP contribution < -0.4 is 10.1 Å². The molecule has 3 aromatic rings. The van der Waals surface area contributed by atoms with Crippen molar-refractivity contribution in [1.29, 1.82) is 0 Å². The van der Waals surface area contributed by atoms with E-state index in [1.807, 2.05) is 48.5 Å². The number of rotatable bonds is 7. The number of fused-ring (bicyclic) bond motifs is 3. The quantitative estimate of drug-likeness (QED) is 0.576. The number of benzene rings is 3. The SMILES string of the molecule is COc1ccc(C[C@H](NC(=O)OCC2c3ccccc3-c3ccccc32)C(=O)O)cc1F. The highest BCUT2D eigenvalue weighted by atomic mass is 19.1. The number of carbonyl (C=O) groups is 2. The Labute approximate surface area is 184 Å². The van der Waals surface area contributed by atoms with E-state index < -0.39 is 23.9 Å². The predicted molar refractivity (Wildman–Crippen MR) is 116 cm³/mol. The van der Waals surface area contributed by atoms with E-state index in [0.717, 1.165) is 22.3 Å². The van der Waals surface area contributed by atoms with Gasteiger partial charge >= 0.3 is 12.1 Å². The van der Waals surface area contributed by atoms with Gasteiger partial charge in [-0.3, -0.25) is 0 Å². The van der Waals surface area contributed by atoms with Gasteiger partial charge in [-0.2, -0.15) is 0 Å². The molecular formula is C25H22FNO5. The monoisotopic (exact) mass is 435 g/mol. The second-order valence-corrected chi connectivity index (χ2v) is 7.53. The highest BCUT2D eigenvalue weighted by Gasteiger charge is 2.29. The Balaban J connectivity index is 1.42. The van der Waals surface area contributed by atoms with Gasteiger partial charge in [0.05, 0.1) is 7.11 Å². The molecule has 1 aliphatic carbocycles. The highest BCUT2D eigenvalue weighted by molar-refractivity contribution is 5.81. The molecule has 2 N–H and O–H groups in total. The summed E-state index contributed by atoms with van der Waals surface area (Å²) < 4.78 is 24.2. The van der Waals surface area contributed by atoms with Crippen molar-refractivity contribution < 1.29 is 28.6 Å². The third kappa shape index (κ3) is 4.27. The molecule has 0 saturated carbocycles. The minimum Gasteiger partial charge on any atom is -0.494 e. The van der Waals surface area contributed by atoms with Crippen molar-refractivity contribution in [3.8, 4) is 16.9 Å². The maximum Gasteiger partial charge on any atom is 0.407 e. The lowest BCUT2D eigenvalue weighted by atomic mass is 9.98. The smallest absolute Gasteiger partial charge is 0.407 e. The zero-order chi connectivity index (χ0) is 22.7. The van der Waals surface area contributed by atoms with Gasteiger partial charge in [0, 0.05) is 12.3 Å². The summed E-state index contributed by atoms with van der Waals surface area (Å²) in [7, 11) is 1.34. The fraction of sp³-hybridized carbons (Fsp3) is 0.200. The van der Waals surface area contributed by atoms with E-state index in [4.69, 9.17) is 9.47 Å². The Morgan fingerprint density at radius 2 is 1.66 bits per heavy atom. The number of hydrogen-bond acceptors (Lipinski definition) is 4. The van der Waals surface area contributed by atoms with Gasteiger partial charge in [0.2, 0.25) is 0 Å². The first-order valence-electron chi connectivity index (χ1n) is 10.1. The Hall–Kier alpha value is -3.87. The first kappa shape index (κ1) is 21.4. The zero-order valence-corrected chi connectivity index (χ0v) is 17.4. The minimum absolute atomic E-state index is 0.0603. The molecule has 3 aromatic carbocycles. The molecule has 0 aromatic heterocycles. The van der Waals surface area contributed by atoms with Crippen molar-refractivity contribution in [2.24, 2.45) is 0 Å². The van der Waals surface area contributed by atoms with Crippen molar-refractivity contribution in [2.45, 2.75) is 18.4 Å². The van der Waals surface area contributed by atoms with Crippen molar-refractivity contribution in [2.75, 3.05) is 13.7 Å². The Kier molecular flexibility index (Phi) is 6.07. The van der Waals surface area contributed by atoms with E-state index in [1.165, 1.54) is 19.2 Å². The molecule has 0 spiro atoms. The van der Waals surface area contributed by atoms with E-state index in [2.05, 4.69) is 5.32 Å². The van der Waals surface area contributed by atoms with Crippen LogP contribution in [0.3, 0.4) is 0 Å². The topological polar surface area (TPSA) is 84.9 Å². The Morgan fingerprint density at radius 3 is 2.22 bits per heavy atom. The molecule has 0 aliphatic heterocycles. The van der Waals surface area contributed by atoms with E-state index >= 15 is 0 Å². The molecule has 0 radical (unpaired) electrons. The summed E-state index contributed by atoms with van der Waals surface area (Å²) in [5.74, 6) is -1.91. The maximum absolute atomic E-state index is 13.9. The lowest BCUT2D eigenvalue weighted by Gasteiger charge is -2.17. The van der Waals surface area contributed by atoms with Crippen molar-refractivity contribution >= 4 is 12.1 Å². The maximum atomic E-state index is 13.9. The van der Waals surface area contributed by atoms with E-state index in [1.54, 1.807) is 6.07 Å². The van der Waals surface area contributed by atoms with Gasteiger partial charge in [0.1, 0.15) is 12.6 Å². The van der Waals surface area contributed by atoms with Crippen LogP contribution in [0.2, 0.25) is 0 Å². The number of ether oxygens (including phenoxy) is 2. The number of carbonyl (C=O) groups excluding carboxylic acids is 1. The number of carboxylic acids is 1. The molecule has 164 valence electrons. The molecule has 0 saturated heterocycles. The number of alkyl carbamates (subject to hydrolysis) is 1. The molecule has 32 heavy (non-hydrogen) atoms. The first-order chi connectivity index (χ1) is 15.5. The minimum atomic E-state index is -1.27. The third-order valence-corrected chi connectivity index (χ3v) is 5.59. The van der Waals surface area contributed by atoms with Crippen LogP contribution in [-0.2, 0) is 16.0 Å². The largest absolute Gasteiger partial charge is 0.494 e. The third-order valence-electron chi connectivity index (χ3n) is 5.59. The fourth-order valence-electron chi connectivity index (χ4n) is 4.05. The van der Waals surface area contributed by atoms with Gasteiger partial charge in [0.15, 0.2) is 11.6 Å². The van der Waals surface area contributed by atoms with Crippen molar-refractivity contribution in [3.63, 3.8) is 0 Å². The standard InChI is InChI=1S/C25H22FNO5/c1-31-23-11-10-15(12-21(23)26)13-22(24(28)29)27-25(30)32-14-20-18-8-4-2-6-16(18)17-7-3-5-9-19(17)20/h2-12,20,22H,13-14H2,1H3,(H,27,30)(H,28,29)/t22-/m0/s1. The summed E-state index contributed by atoms with van der Waals surface area (Å²) in [6.45, 7) is 0.0728. The molecule has 0 fully saturated rings. The van der Waals surface area contributed by atoms with E-state index in [9.17, 15) is 19.1 Å². The van der Waals surface area contributed by atoms with Crippen LogP contribution in [0.4, 0.5) is 9.18 Å². The van der Waals surface area contributed by atoms with E-state index in [-0.39, 0.29) is 24.7 Å². The van der Waals surface area contributed by atoms with Crippen molar-refractivity contribution in [1.82, 2.24) is 5.32 Å². The number of nitrogens with one attached hydrogen (secondary N) is 1. The van der Waals surface area contributed by atoms with Gasteiger partial charge < -0.3 is 19.9 Å². The van der Waals surface area contributed by atoms with E-state index in [0.29, 0.717) is 5.56 Å². The second kappa shape index (κ2) is 9.09. The van der Waals surface area contributed by atoms with Gasteiger partial charge in [-0.1, -0.05) is 54.6 Å². The van der Waals surface area contributed by atoms with Crippen LogP contribution in [0, 0.1) is 5.82 Å². The number of halogens is 1. The molecular weight excluding hydrogens is 413 g/mol. The second-order valence-electron chi connectivity index (χ2n) is 7.53. The number of hydrogen-bond donors (Lipinski definition) is 2. The van der Waals surface area contributed by atoms with Crippen LogP contribution in [0.1, 0.15) is 22.6 Å². The molecule has 7 heteroatoms. The molecule has 1 amide bonds. The zero-order valence-electron chi connectivity index (χ0n) is 17.4. The first-order valence-corrected chi connectivity index (χ1v) is 10.1. The average Bonchev–Trinajstić information content (AvgIpc) is 3.11. The van der Waals surface area contributed by atoms with Gasteiger partial charge in [0.25, 0.3) is 0 Å². The van der Waals surface area contributed by atoms with Crippen LogP contribution in [0.25, 0.3) is 11.1 Å². The summed E-state index contributed by atoms with van der Waals surface area (Å²) in [6.07, 6.45) is -0.936. The molecule has 4 rings (SSSR count). The van der Waals surface area contributed by atoms with Gasteiger partial charge in [-0.25, -0.2) is 14.0 Å². The summed E-state index contributed by atoms with van der Waals surface area (Å²) in [5, 5.41) is 11.9. The Bertz CT molecular complexity index is 1120. The molecule has 0 unspecified atom stereocenters. The molecule has 1 atom stereocenters. The number of amides is 1. The highest BCUT2D eigenvalue weighted by Crippen LogP contribution is 2.44. The molecule has 0 bridgehead atoms. The Morgan fingerprint density at radius 1 is 1.03 bits per heavy atom. The summed E-state index contributed by atoms with van der Waals surface area (Å²) >= 11 is 0. The predicted octanol–water partition coefficient (Wildman–Crippen LogP) is 4.37. The van der Waals surface area contributed by atoms with Gasteiger partial charge in [-0.05, 0) is 39.9 Å². The van der Waals surface area contributed by atoms with Crippen LogP contribution in [-0.4, -0.2) is 36.9 Å². The number of methoxy groups -OCH3 is 1. The average molecular weight is 435 g/mol. The van der Waals surface area contributed by atoms with Crippen LogP contribution >= 0.6 is 0 Å². The molecule has 1 aliphatic rings. The molecule has 6 nitrogen and oxygen atoms in total. The lowest BCUT2D eigenvalue weighted by Crippen LogP contribution is -2.42. The normalized spacial score (nSPS) is 13.1. The summed E-state index contributed by atoms with van der Waals surface area (Å²) in [4.78, 5) is 24.1. The summed E-state index contributed by atoms with van der Waals surface area (Å²) in [6, 6.07) is 18.7. The van der Waals surface area contributed by atoms with Crippen molar-refractivity contribution in [3.05, 3.63) is 89.2 Å². The number of aliphatic carboxylic acids is 1. The summed E-state index contributed by atoms with van der Waals surface area (Å²) in [5.41, 5.74) is 4.73. The number of carboxylic acid groups (broad SMARTS) is 1. The molecule has 0 heterocycles.